The van der Waals surface area contributed by atoms with Gasteiger partial charge in [-0.3, -0.25) is 0 Å². The first-order valence-corrected chi connectivity index (χ1v) is 18.3. The number of rotatable bonds is 4. The Kier molecular flexibility index (Phi) is 6.61. The van der Waals surface area contributed by atoms with Gasteiger partial charge < -0.3 is 25.0 Å². The fourth-order valence-electron chi connectivity index (χ4n) is 8.59. The van der Waals surface area contributed by atoms with E-state index in [2.05, 4.69) is 207 Å². The van der Waals surface area contributed by atoms with Gasteiger partial charge in [0.2, 0.25) is 0 Å². The minimum atomic E-state index is -0.0483. The summed E-state index contributed by atoms with van der Waals surface area (Å²) in [6.45, 7) is 0.810. The van der Waals surface area contributed by atoms with Crippen molar-refractivity contribution >= 4 is 44.4 Å². The highest BCUT2D eigenvalue weighted by Crippen LogP contribution is 2.54. The van der Waals surface area contributed by atoms with E-state index >= 15 is 0 Å². The molecule has 0 radical (unpaired) electrons. The molecule has 252 valence electrons. The molecule has 0 fully saturated rings. The molecular formula is C48H35N5. The summed E-state index contributed by atoms with van der Waals surface area (Å²) in [6, 6.07) is 61.8. The third kappa shape index (κ3) is 4.57. The zero-order chi connectivity index (χ0) is 34.9. The molecule has 0 spiro atoms. The van der Waals surface area contributed by atoms with Gasteiger partial charge in [-0.2, -0.15) is 0 Å². The minimum absolute atomic E-state index is 0.0483. The van der Waals surface area contributed by atoms with Crippen LogP contribution in [0.1, 0.15) is 11.7 Å². The molecule has 8 aromatic rings. The van der Waals surface area contributed by atoms with Crippen LogP contribution in [0.3, 0.4) is 0 Å². The highest BCUT2D eigenvalue weighted by atomic mass is 15.4. The fourth-order valence-corrected chi connectivity index (χ4v) is 8.59. The lowest BCUT2D eigenvalue weighted by atomic mass is 9.98. The van der Waals surface area contributed by atoms with E-state index in [-0.39, 0.29) is 6.17 Å². The van der Waals surface area contributed by atoms with E-state index < -0.39 is 0 Å². The van der Waals surface area contributed by atoms with Crippen LogP contribution in [0.5, 0.6) is 0 Å². The van der Waals surface area contributed by atoms with Crippen molar-refractivity contribution in [2.45, 2.75) is 6.17 Å². The molecule has 5 nitrogen and oxygen atoms in total. The Labute approximate surface area is 308 Å². The zero-order valence-corrected chi connectivity index (χ0v) is 28.9. The summed E-state index contributed by atoms with van der Waals surface area (Å²) in [7, 11) is 0. The molecule has 5 heteroatoms. The van der Waals surface area contributed by atoms with E-state index in [9.17, 15) is 0 Å². The fraction of sp³-hybridized carbons (Fsp3) is 0.0417. The molecule has 2 N–H and O–H groups in total. The first kappa shape index (κ1) is 29.7. The lowest BCUT2D eigenvalue weighted by Gasteiger charge is -2.31. The first-order valence-electron chi connectivity index (χ1n) is 18.3. The Balaban J connectivity index is 1.09. The summed E-state index contributed by atoms with van der Waals surface area (Å²) in [5.74, 6) is 1.11. The smallest absolute Gasteiger partial charge is 0.132 e. The molecule has 0 amide bonds. The summed E-state index contributed by atoms with van der Waals surface area (Å²) in [6.07, 6.45) is 4.31. The standard InChI is InChI=1S/C48H35N5/c1-2-15-35(16-3-1)53-47(50-41-20-12-30-49-48(41)53)33-25-27-36(28-26-33)51-42-21-9-6-17-38(42)45-39-18-7-10-22-43(39)52(46(45)40-19-8-11-23-44(40)51)37-29-24-32-13-4-5-14-34(32)31-37/h1-29,31,47,49-50H,30H2. The number of nitrogens with one attached hydrogen (secondary N) is 2. The first-order chi connectivity index (χ1) is 26.3. The monoisotopic (exact) mass is 681 g/mol. The summed E-state index contributed by atoms with van der Waals surface area (Å²) < 4.78 is 2.47. The molecule has 0 bridgehead atoms. The maximum absolute atomic E-state index is 3.80. The van der Waals surface area contributed by atoms with Crippen molar-refractivity contribution in [1.29, 1.82) is 0 Å². The van der Waals surface area contributed by atoms with E-state index in [0.717, 1.165) is 46.5 Å². The van der Waals surface area contributed by atoms with Crippen LogP contribution >= 0.6 is 0 Å². The number of hydrogen-bond donors (Lipinski definition) is 2. The third-order valence-electron chi connectivity index (χ3n) is 10.9. The number of anilines is 4. The predicted molar refractivity (Wildman–Crippen MR) is 219 cm³/mol. The van der Waals surface area contributed by atoms with Crippen LogP contribution in [0.2, 0.25) is 0 Å². The second-order valence-corrected chi connectivity index (χ2v) is 13.9. The lowest BCUT2D eigenvalue weighted by Crippen LogP contribution is -2.33. The van der Waals surface area contributed by atoms with Crippen LogP contribution in [-0.4, -0.2) is 11.1 Å². The number of allylic oxidation sites excluding steroid dienone is 1. The summed E-state index contributed by atoms with van der Waals surface area (Å²) in [5.41, 5.74) is 14.1. The number of hydrogen-bond acceptors (Lipinski definition) is 4. The van der Waals surface area contributed by atoms with Gasteiger partial charge in [-0.1, -0.05) is 121 Å². The lowest BCUT2D eigenvalue weighted by molar-refractivity contribution is 0.642. The molecule has 11 rings (SSSR count). The second-order valence-electron chi connectivity index (χ2n) is 13.9. The van der Waals surface area contributed by atoms with Gasteiger partial charge in [0.15, 0.2) is 0 Å². The highest BCUT2D eigenvalue weighted by molar-refractivity contribution is 6.13. The van der Waals surface area contributed by atoms with E-state index in [1.807, 2.05) is 0 Å². The number of nitrogens with zero attached hydrogens (tertiary/aromatic N) is 3. The average molecular weight is 682 g/mol. The van der Waals surface area contributed by atoms with Crippen molar-refractivity contribution in [2.75, 3.05) is 16.3 Å². The van der Waals surface area contributed by atoms with Gasteiger partial charge in [0, 0.05) is 45.7 Å². The van der Waals surface area contributed by atoms with Crippen LogP contribution in [0, 0.1) is 0 Å². The van der Waals surface area contributed by atoms with Crippen LogP contribution in [0.15, 0.2) is 194 Å². The third-order valence-corrected chi connectivity index (χ3v) is 10.9. The molecule has 0 aliphatic carbocycles. The van der Waals surface area contributed by atoms with Crippen LogP contribution in [0.25, 0.3) is 49.7 Å². The van der Waals surface area contributed by atoms with Crippen molar-refractivity contribution in [3.63, 3.8) is 0 Å². The van der Waals surface area contributed by atoms with Gasteiger partial charge in [-0.05, 0) is 77.0 Å². The van der Waals surface area contributed by atoms with E-state index in [4.69, 9.17) is 0 Å². The molecule has 1 aromatic heterocycles. The summed E-state index contributed by atoms with van der Waals surface area (Å²) >= 11 is 0. The molecule has 53 heavy (non-hydrogen) atoms. The van der Waals surface area contributed by atoms with Crippen LogP contribution < -0.4 is 20.4 Å². The molecule has 1 atom stereocenters. The molecule has 4 heterocycles. The van der Waals surface area contributed by atoms with Crippen molar-refractivity contribution < 1.29 is 0 Å². The molecule has 3 aliphatic rings. The van der Waals surface area contributed by atoms with Gasteiger partial charge >= 0.3 is 0 Å². The molecule has 3 aliphatic heterocycles. The van der Waals surface area contributed by atoms with Gasteiger partial charge in [0.1, 0.15) is 12.0 Å². The Hall–Kier alpha value is -6.98. The quantitative estimate of drug-likeness (QED) is 0.194. The topological polar surface area (TPSA) is 35.5 Å². The number of dihydropyridines is 1. The van der Waals surface area contributed by atoms with Gasteiger partial charge in [-0.25, -0.2) is 0 Å². The number of para-hydroxylation sites is 4. The predicted octanol–water partition coefficient (Wildman–Crippen LogP) is 11.3. The Morgan fingerprint density at radius 1 is 0.547 bits per heavy atom. The Bertz CT molecular complexity index is 2770. The maximum Gasteiger partial charge on any atom is 0.132 e. The Morgan fingerprint density at radius 2 is 1.23 bits per heavy atom. The zero-order valence-electron chi connectivity index (χ0n) is 28.9. The van der Waals surface area contributed by atoms with Crippen LogP contribution in [0.4, 0.5) is 22.7 Å². The van der Waals surface area contributed by atoms with Gasteiger partial charge in [-0.15, -0.1) is 0 Å². The molecule has 0 saturated carbocycles. The molecule has 1 unspecified atom stereocenters. The maximum atomic E-state index is 3.80. The molecule has 7 aromatic carbocycles. The molecular weight excluding hydrogens is 647 g/mol. The number of fused-ring (bicyclic) bond motifs is 8. The Morgan fingerprint density at radius 3 is 2.08 bits per heavy atom. The van der Waals surface area contributed by atoms with Crippen molar-refractivity contribution in [1.82, 2.24) is 15.2 Å². The highest BCUT2D eigenvalue weighted by Gasteiger charge is 2.35. The summed E-state index contributed by atoms with van der Waals surface area (Å²) in [5, 5.41) is 11.1. The van der Waals surface area contributed by atoms with Gasteiger partial charge in [0.25, 0.3) is 0 Å². The van der Waals surface area contributed by atoms with Crippen molar-refractivity contribution in [3.05, 3.63) is 199 Å². The van der Waals surface area contributed by atoms with Gasteiger partial charge in [0.05, 0.1) is 28.3 Å². The number of aromatic nitrogens is 1. The molecule has 0 saturated heterocycles. The normalized spacial score (nSPS) is 15.7. The van der Waals surface area contributed by atoms with Crippen molar-refractivity contribution in [3.8, 4) is 28.1 Å². The average Bonchev–Trinajstić information content (AvgIpc) is 3.75. The SMILES string of the molecule is C1=CC2=C(NC1)N(c1ccccc1)C(c1ccc(N3c4ccccc4-c4c(n(-c5ccc6ccccc6c5)c5ccccc45)-c4ccccc43)cc1)N2. The largest absolute Gasteiger partial charge is 0.366 e. The van der Waals surface area contributed by atoms with Crippen LogP contribution in [-0.2, 0) is 0 Å². The van der Waals surface area contributed by atoms with E-state index in [0.29, 0.717) is 0 Å². The second kappa shape index (κ2) is 11.8. The van der Waals surface area contributed by atoms with Crippen molar-refractivity contribution in [2.24, 2.45) is 0 Å². The minimum Gasteiger partial charge on any atom is -0.366 e. The van der Waals surface area contributed by atoms with E-state index in [1.165, 1.54) is 49.6 Å². The summed E-state index contributed by atoms with van der Waals surface area (Å²) in [4.78, 5) is 4.82. The number of benzene rings is 7. The van der Waals surface area contributed by atoms with E-state index in [1.54, 1.807) is 0 Å².